The minimum atomic E-state index is -0.865. The van der Waals surface area contributed by atoms with E-state index in [1.54, 1.807) is 12.4 Å². The van der Waals surface area contributed by atoms with Gasteiger partial charge < -0.3 is 10.4 Å². The number of carboxylic acids is 1. The van der Waals surface area contributed by atoms with Crippen molar-refractivity contribution in [3.8, 4) is 0 Å². The third kappa shape index (κ3) is 5.67. The highest BCUT2D eigenvalue weighted by Crippen LogP contribution is 2.05. The van der Waals surface area contributed by atoms with E-state index in [1.807, 2.05) is 30.3 Å². The molecule has 122 valence electrons. The number of aromatic nitrogens is 2. The van der Waals surface area contributed by atoms with Crippen LogP contribution in [0.5, 0.6) is 0 Å². The lowest BCUT2D eigenvalue weighted by atomic mass is 10.1. The maximum atomic E-state index is 11.4. The molecule has 0 aliphatic heterocycles. The van der Waals surface area contributed by atoms with Gasteiger partial charge in [-0.25, -0.2) is 9.97 Å². The summed E-state index contributed by atoms with van der Waals surface area (Å²) in [6.07, 6.45) is 4.86. The van der Waals surface area contributed by atoms with Crippen molar-refractivity contribution >= 4 is 11.9 Å². The number of aliphatic carboxylic acids is 1. The molecule has 6 heteroatoms. The van der Waals surface area contributed by atoms with Crippen LogP contribution in [0.25, 0.3) is 0 Å². The van der Waals surface area contributed by atoms with E-state index in [0.717, 1.165) is 24.1 Å². The average molecular weight is 314 g/mol. The highest BCUT2D eigenvalue weighted by atomic mass is 16.4. The van der Waals surface area contributed by atoms with E-state index in [1.165, 1.54) is 0 Å². The Kier molecular flexibility index (Phi) is 6.50. The molecule has 0 spiro atoms. The Balaban J connectivity index is 1.89. The molecule has 6 nitrogen and oxygen atoms in total. The molecule has 23 heavy (non-hydrogen) atoms. The maximum absolute atomic E-state index is 11.4. The number of hydrogen-bond acceptors (Lipinski definition) is 5. The van der Waals surface area contributed by atoms with Gasteiger partial charge in [0.1, 0.15) is 6.04 Å². The summed E-state index contributed by atoms with van der Waals surface area (Å²) < 4.78 is 0. The topological polar surface area (TPSA) is 87.1 Å². The van der Waals surface area contributed by atoms with Crippen LogP contribution in [-0.4, -0.2) is 33.6 Å². The van der Waals surface area contributed by atoms with Gasteiger partial charge in [0.25, 0.3) is 0 Å². The molecular formula is C17H22N4O2. The summed E-state index contributed by atoms with van der Waals surface area (Å²) in [5.41, 5.74) is 1.84. The molecule has 0 bridgehead atoms. The lowest BCUT2D eigenvalue weighted by Gasteiger charge is -2.14. The average Bonchev–Trinajstić information content (AvgIpc) is 2.58. The number of carbonyl (C=O) groups is 1. The van der Waals surface area contributed by atoms with Crippen LogP contribution in [-0.2, 0) is 17.8 Å². The number of benzene rings is 1. The molecule has 1 atom stereocenters. The van der Waals surface area contributed by atoms with Crippen molar-refractivity contribution < 1.29 is 9.90 Å². The van der Waals surface area contributed by atoms with E-state index >= 15 is 0 Å². The van der Waals surface area contributed by atoms with Gasteiger partial charge in [-0.3, -0.25) is 10.1 Å². The maximum Gasteiger partial charge on any atom is 0.321 e. The molecule has 0 saturated heterocycles. The molecule has 0 aliphatic carbocycles. The molecule has 2 aromatic rings. The highest BCUT2D eigenvalue weighted by Gasteiger charge is 2.17. The van der Waals surface area contributed by atoms with E-state index < -0.39 is 12.0 Å². The zero-order valence-corrected chi connectivity index (χ0v) is 13.2. The van der Waals surface area contributed by atoms with Crippen LogP contribution < -0.4 is 10.6 Å². The molecule has 0 fully saturated rings. The number of carboxylic acid groups (broad SMARTS) is 1. The van der Waals surface area contributed by atoms with E-state index in [2.05, 4.69) is 27.5 Å². The van der Waals surface area contributed by atoms with Gasteiger partial charge >= 0.3 is 5.97 Å². The second-order valence-electron chi connectivity index (χ2n) is 5.30. The normalized spacial score (nSPS) is 11.9. The van der Waals surface area contributed by atoms with Crippen LogP contribution in [0.4, 0.5) is 5.95 Å². The summed E-state index contributed by atoms with van der Waals surface area (Å²) in [7, 11) is 0. The van der Waals surface area contributed by atoms with Gasteiger partial charge in [0, 0.05) is 31.0 Å². The molecule has 1 aromatic carbocycles. The van der Waals surface area contributed by atoms with Gasteiger partial charge in [-0.1, -0.05) is 37.3 Å². The number of hydrogen-bond donors (Lipinski definition) is 3. The van der Waals surface area contributed by atoms with Gasteiger partial charge in [-0.05, 0) is 18.4 Å². The van der Waals surface area contributed by atoms with Gasteiger partial charge in [-0.15, -0.1) is 0 Å². The van der Waals surface area contributed by atoms with Crippen LogP contribution >= 0.6 is 0 Å². The Morgan fingerprint density at radius 3 is 2.48 bits per heavy atom. The van der Waals surface area contributed by atoms with Gasteiger partial charge in [0.05, 0.1) is 0 Å². The third-order valence-corrected chi connectivity index (χ3v) is 3.37. The minimum absolute atomic E-state index is 0.415. The van der Waals surface area contributed by atoms with Crippen molar-refractivity contribution in [1.29, 1.82) is 0 Å². The molecule has 0 amide bonds. The van der Waals surface area contributed by atoms with Crippen molar-refractivity contribution in [2.24, 2.45) is 0 Å². The van der Waals surface area contributed by atoms with Gasteiger partial charge in [0.2, 0.25) is 5.95 Å². The van der Waals surface area contributed by atoms with Crippen LogP contribution in [0.15, 0.2) is 42.7 Å². The molecule has 0 radical (unpaired) electrons. The smallest absolute Gasteiger partial charge is 0.321 e. The van der Waals surface area contributed by atoms with Crippen molar-refractivity contribution in [3.63, 3.8) is 0 Å². The van der Waals surface area contributed by atoms with E-state index in [4.69, 9.17) is 0 Å². The third-order valence-electron chi connectivity index (χ3n) is 3.37. The summed E-state index contributed by atoms with van der Waals surface area (Å²) in [5, 5.41) is 15.5. The minimum Gasteiger partial charge on any atom is -0.480 e. The Bertz CT molecular complexity index is 602. The number of rotatable bonds is 9. The largest absolute Gasteiger partial charge is 0.480 e. The highest BCUT2D eigenvalue weighted by molar-refractivity contribution is 5.73. The Hall–Kier alpha value is -2.47. The van der Waals surface area contributed by atoms with Crippen LogP contribution in [0.1, 0.15) is 24.5 Å². The Labute approximate surface area is 136 Å². The lowest BCUT2D eigenvalue weighted by Crippen LogP contribution is -2.38. The number of nitrogens with zero attached hydrogens (tertiary/aromatic N) is 2. The summed E-state index contributed by atoms with van der Waals surface area (Å²) in [5.74, 6) is -0.273. The SMILES string of the molecule is CCCNc1ncc(CNC(Cc2ccccc2)C(=O)O)cn1. The van der Waals surface area contributed by atoms with E-state index in [9.17, 15) is 9.90 Å². The van der Waals surface area contributed by atoms with Gasteiger partial charge in [0.15, 0.2) is 0 Å². The summed E-state index contributed by atoms with van der Waals surface area (Å²) in [4.78, 5) is 19.8. The molecule has 0 aliphatic rings. The van der Waals surface area contributed by atoms with Crippen molar-refractivity contribution in [1.82, 2.24) is 15.3 Å². The quantitative estimate of drug-likeness (QED) is 0.657. The first-order valence-corrected chi connectivity index (χ1v) is 7.74. The second kappa shape index (κ2) is 8.85. The predicted octanol–water partition coefficient (Wildman–Crippen LogP) is 2.08. The summed E-state index contributed by atoms with van der Waals surface area (Å²) in [6.45, 7) is 3.32. The summed E-state index contributed by atoms with van der Waals surface area (Å²) >= 11 is 0. The fourth-order valence-corrected chi connectivity index (χ4v) is 2.11. The van der Waals surface area contributed by atoms with E-state index in [-0.39, 0.29) is 0 Å². The molecule has 2 rings (SSSR count). The number of anilines is 1. The first-order chi connectivity index (χ1) is 11.2. The molecule has 1 heterocycles. The molecule has 1 unspecified atom stereocenters. The first-order valence-electron chi connectivity index (χ1n) is 7.74. The summed E-state index contributed by atoms with van der Waals surface area (Å²) in [6, 6.07) is 8.94. The lowest BCUT2D eigenvalue weighted by molar-refractivity contribution is -0.139. The first kappa shape index (κ1) is 16.9. The van der Waals surface area contributed by atoms with Crippen LogP contribution in [0.3, 0.4) is 0 Å². The fraction of sp³-hybridized carbons (Fsp3) is 0.353. The second-order valence-corrected chi connectivity index (χ2v) is 5.30. The monoisotopic (exact) mass is 314 g/mol. The zero-order valence-electron chi connectivity index (χ0n) is 13.2. The Morgan fingerprint density at radius 1 is 1.17 bits per heavy atom. The Morgan fingerprint density at radius 2 is 1.87 bits per heavy atom. The van der Waals surface area contributed by atoms with Gasteiger partial charge in [-0.2, -0.15) is 0 Å². The zero-order chi connectivity index (χ0) is 16.5. The fourth-order valence-electron chi connectivity index (χ4n) is 2.11. The molecule has 1 aromatic heterocycles. The molecule has 0 saturated carbocycles. The van der Waals surface area contributed by atoms with Crippen molar-refractivity contribution in [3.05, 3.63) is 53.9 Å². The molecule has 3 N–H and O–H groups in total. The van der Waals surface area contributed by atoms with Crippen molar-refractivity contribution in [2.45, 2.75) is 32.4 Å². The standard InChI is InChI=1S/C17H22N4O2/c1-2-8-18-17-20-11-14(12-21-17)10-19-15(16(22)23)9-13-6-4-3-5-7-13/h3-7,11-12,15,19H,2,8-10H2,1H3,(H,22,23)(H,18,20,21). The van der Waals surface area contributed by atoms with Crippen LogP contribution in [0.2, 0.25) is 0 Å². The predicted molar refractivity (Wildman–Crippen MR) is 89.2 cm³/mol. The van der Waals surface area contributed by atoms with Crippen LogP contribution in [0, 0.1) is 0 Å². The number of nitrogens with one attached hydrogen (secondary N) is 2. The van der Waals surface area contributed by atoms with Crippen molar-refractivity contribution in [2.75, 3.05) is 11.9 Å². The molecular weight excluding hydrogens is 292 g/mol. The van der Waals surface area contributed by atoms with E-state index in [0.29, 0.717) is 18.9 Å².